The van der Waals surface area contributed by atoms with Gasteiger partial charge in [0.25, 0.3) is 0 Å². The van der Waals surface area contributed by atoms with Crippen LogP contribution in [0.1, 0.15) is 5.56 Å². The van der Waals surface area contributed by atoms with Gasteiger partial charge in [-0.05, 0) is 36.9 Å². The Hall–Kier alpha value is -2.20. The molecule has 1 fully saturated rings. The lowest BCUT2D eigenvalue weighted by Crippen LogP contribution is -2.44. The number of piperazine rings is 1. The van der Waals surface area contributed by atoms with E-state index in [1.54, 1.807) is 0 Å². The summed E-state index contributed by atoms with van der Waals surface area (Å²) in [5.41, 5.74) is 8.86. The van der Waals surface area contributed by atoms with Gasteiger partial charge >= 0.3 is 0 Å². The summed E-state index contributed by atoms with van der Waals surface area (Å²) in [6.45, 7) is 4.78. The van der Waals surface area contributed by atoms with Crippen molar-refractivity contribution in [3.63, 3.8) is 0 Å². The zero-order valence-corrected chi connectivity index (χ0v) is 13.0. The van der Waals surface area contributed by atoms with Crippen LogP contribution in [0.3, 0.4) is 0 Å². The molecule has 0 bridgehead atoms. The Balaban J connectivity index is 1.71. The predicted molar refractivity (Wildman–Crippen MR) is 91.3 cm³/mol. The first-order chi connectivity index (χ1) is 10.7. The Labute approximate surface area is 132 Å². The summed E-state index contributed by atoms with van der Waals surface area (Å²) in [6, 6.07) is 16.1. The molecule has 1 heterocycles. The quantitative estimate of drug-likeness (QED) is 0.881. The number of rotatable bonds is 4. The molecular formula is C18H23N3O. The monoisotopic (exact) mass is 297 g/mol. The van der Waals surface area contributed by atoms with Gasteiger partial charge in [-0.2, -0.15) is 0 Å². The van der Waals surface area contributed by atoms with Gasteiger partial charge in [0.05, 0.1) is 5.69 Å². The topological polar surface area (TPSA) is 41.7 Å². The van der Waals surface area contributed by atoms with Crippen molar-refractivity contribution in [2.75, 3.05) is 43.9 Å². The Bertz CT molecular complexity index is 621. The van der Waals surface area contributed by atoms with Crippen molar-refractivity contribution in [3.8, 4) is 5.75 Å². The lowest BCUT2D eigenvalue weighted by Gasteiger charge is -2.34. The zero-order chi connectivity index (χ0) is 15.4. The number of anilines is 2. The molecule has 1 aliphatic rings. The number of benzene rings is 2. The normalized spacial score (nSPS) is 15.8. The molecule has 0 spiro atoms. The number of nitrogens with two attached hydrogens (primary N) is 1. The minimum Gasteiger partial charge on any atom is -0.487 e. The third-order valence-corrected chi connectivity index (χ3v) is 4.05. The van der Waals surface area contributed by atoms with Gasteiger partial charge in [0.1, 0.15) is 12.4 Å². The van der Waals surface area contributed by atoms with Crippen LogP contribution < -0.4 is 15.4 Å². The number of hydrogen-bond acceptors (Lipinski definition) is 4. The van der Waals surface area contributed by atoms with Gasteiger partial charge in [0, 0.05) is 31.9 Å². The van der Waals surface area contributed by atoms with E-state index in [1.807, 2.05) is 36.4 Å². The molecule has 4 heteroatoms. The fourth-order valence-corrected chi connectivity index (χ4v) is 2.73. The zero-order valence-electron chi connectivity index (χ0n) is 13.0. The molecule has 22 heavy (non-hydrogen) atoms. The van der Waals surface area contributed by atoms with Crippen molar-refractivity contribution in [2.45, 2.75) is 6.61 Å². The number of para-hydroxylation sites is 2. The van der Waals surface area contributed by atoms with Crippen molar-refractivity contribution >= 4 is 11.4 Å². The molecule has 2 aromatic carbocycles. The van der Waals surface area contributed by atoms with E-state index in [-0.39, 0.29) is 0 Å². The van der Waals surface area contributed by atoms with Crippen LogP contribution >= 0.6 is 0 Å². The maximum atomic E-state index is 6.05. The van der Waals surface area contributed by atoms with Gasteiger partial charge in [-0.25, -0.2) is 0 Å². The standard InChI is InChI=1S/C18H23N3O/c1-20-9-11-21(12-10-20)17-7-2-3-8-18(17)22-14-15-5-4-6-16(19)13-15/h2-8,13H,9-12,14,19H2,1H3. The first-order valence-electron chi connectivity index (χ1n) is 7.72. The molecule has 1 aliphatic heterocycles. The molecule has 0 saturated carbocycles. The number of nitrogen functional groups attached to an aromatic ring is 1. The first kappa shape index (κ1) is 14.7. The van der Waals surface area contributed by atoms with E-state index < -0.39 is 0 Å². The smallest absolute Gasteiger partial charge is 0.143 e. The highest BCUT2D eigenvalue weighted by atomic mass is 16.5. The van der Waals surface area contributed by atoms with E-state index in [0.717, 1.165) is 43.2 Å². The molecule has 1 saturated heterocycles. The lowest BCUT2D eigenvalue weighted by molar-refractivity contribution is 0.296. The largest absolute Gasteiger partial charge is 0.487 e. The van der Waals surface area contributed by atoms with E-state index in [1.165, 1.54) is 5.69 Å². The van der Waals surface area contributed by atoms with Crippen LogP contribution in [-0.2, 0) is 6.61 Å². The summed E-state index contributed by atoms with van der Waals surface area (Å²) in [7, 11) is 2.17. The number of hydrogen-bond donors (Lipinski definition) is 1. The summed E-state index contributed by atoms with van der Waals surface area (Å²) in [4.78, 5) is 4.75. The number of nitrogens with zero attached hydrogens (tertiary/aromatic N) is 2. The third-order valence-electron chi connectivity index (χ3n) is 4.05. The highest BCUT2D eigenvalue weighted by Crippen LogP contribution is 2.29. The fraction of sp³-hybridized carbons (Fsp3) is 0.333. The Morgan fingerprint density at radius 1 is 1.00 bits per heavy atom. The van der Waals surface area contributed by atoms with E-state index in [9.17, 15) is 0 Å². The van der Waals surface area contributed by atoms with E-state index >= 15 is 0 Å². The molecule has 0 unspecified atom stereocenters. The van der Waals surface area contributed by atoms with Crippen molar-refractivity contribution in [2.24, 2.45) is 0 Å². The molecule has 3 rings (SSSR count). The third kappa shape index (κ3) is 3.52. The van der Waals surface area contributed by atoms with Gasteiger partial charge in [-0.1, -0.05) is 24.3 Å². The van der Waals surface area contributed by atoms with Crippen LogP contribution in [0.2, 0.25) is 0 Å². The van der Waals surface area contributed by atoms with E-state index in [0.29, 0.717) is 6.61 Å². The van der Waals surface area contributed by atoms with Gasteiger partial charge in [-0.15, -0.1) is 0 Å². The molecule has 4 nitrogen and oxygen atoms in total. The molecule has 116 valence electrons. The Kier molecular flexibility index (Phi) is 4.49. The fourth-order valence-electron chi connectivity index (χ4n) is 2.73. The Morgan fingerprint density at radius 3 is 2.55 bits per heavy atom. The predicted octanol–water partition coefficient (Wildman–Crippen LogP) is 2.60. The van der Waals surface area contributed by atoms with Crippen molar-refractivity contribution in [1.29, 1.82) is 0 Å². The van der Waals surface area contributed by atoms with Gasteiger partial charge < -0.3 is 20.3 Å². The second-order valence-corrected chi connectivity index (χ2v) is 5.79. The molecule has 0 radical (unpaired) electrons. The molecule has 2 aromatic rings. The van der Waals surface area contributed by atoms with Crippen molar-refractivity contribution in [1.82, 2.24) is 4.90 Å². The van der Waals surface area contributed by atoms with Crippen LogP contribution in [0.15, 0.2) is 48.5 Å². The maximum absolute atomic E-state index is 6.05. The minimum absolute atomic E-state index is 0.537. The molecular weight excluding hydrogens is 274 g/mol. The molecule has 2 N–H and O–H groups in total. The first-order valence-corrected chi connectivity index (χ1v) is 7.72. The van der Waals surface area contributed by atoms with Crippen LogP contribution in [0.4, 0.5) is 11.4 Å². The second kappa shape index (κ2) is 6.71. The molecule has 0 atom stereocenters. The number of likely N-dealkylation sites (N-methyl/N-ethyl adjacent to an activating group) is 1. The second-order valence-electron chi connectivity index (χ2n) is 5.79. The average Bonchev–Trinajstić information content (AvgIpc) is 2.54. The van der Waals surface area contributed by atoms with E-state index in [2.05, 4.69) is 29.0 Å². The van der Waals surface area contributed by atoms with Crippen LogP contribution in [0.25, 0.3) is 0 Å². The van der Waals surface area contributed by atoms with Gasteiger partial charge in [0.15, 0.2) is 0 Å². The van der Waals surface area contributed by atoms with Crippen LogP contribution in [0.5, 0.6) is 5.75 Å². The summed E-state index contributed by atoms with van der Waals surface area (Å²) in [5, 5.41) is 0. The Morgan fingerprint density at radius 2 is 1.77 bits per heavy atom. The average molecular weight is 297 g/mol. The highest BCUT2D eigenvalue weighted by molar-refractivity contribution is 5.58. The molecule has 0 aromatic heterocycles. The van der Waals surface area contributed by atoms with Crippen LogP contribution in [-0.4, -0.2) is 38.1 Å². The maximum Gasteiger partial charge on any atom is 0.143 e. The van der Waals surface area contributed by atoms with Gasteiger partial charge in [0.2, 0.25) is 0 Å². The molecule has 0 aliphatic carbocycles. The van der Waals surface area contributed by atoms with E-state index in [4.69, 9.17) is 10.5 Å². The van der Waals surface area contributed by atoms with Crippen molar-refractivity contribution in [3.05, 3.63) is 54.1 Å². The summed E-state index contributed by atoms with van der Waals surface area (Å²) in [6.07, 6.45) is 0. The van der Waals surface area contributed by atoms with Crippen LogP contribution in [0, 0.1) is 0 Å². The van der Waals surface area contributed by atoms with Crippen molar-refractivity contribution < 1.29 is 4.74 Å². The minimum atomic E-state index is 0.537. The summed E-state index contributed by atoms with van der Waals surface area (Å²) < 4.78 is 6.05. The SMILES string of the molecule is CN1CCN(c2ccccc2OCc2cccc(N)c2)CC1. The molecule has 0 amide bonds. The van der Waals surface area contributed by atoms with Gasteiger partial charge in [-0.3, -0.25) is 0 Å². The summed E-state index contributed by atoms with van der Waals surface area (Å²) >= 11 is 0. The highest BCUT2D eigenvalue weighted by Gasteiger charge is 2.17. The summed E-state index contributed by atoms with van der Waals surface area (Å²) in [5.74, 6) is 0.939. The lowest BCUT2D eigenvalue weighted by atomic mass is 10.2. The number of ether oxygens (including phenoxy) is 1.